The minimum absolute atomic E-state index is 0.0884. The van der Waals surface area contributed by atoms with Gasteiger partial charge in [0.05, 0.1) is 16.5 Å². The highest BCUT2D eigenvalue weighted by Crippen LogP contribution is 2.25. The van der Waals surface area contributed by atoms with E-state index in [2.05, 4.69) is 5.32 Å². The molecular formula is C22H24Cl3FN2O2. The lowest BCUT2D eigenvalue weighted by Crippen LogP contribution is -2.50. The number of nitrogens with zero attached hydrogens (tertiary/aromatic N) is 1. The number of halogens is 4. The Hall–Kier alpha value is -1.82. The Morgan fingerprint density at radius 1 is 1.07 bits per heavy atom. The molecule has 2 aromatic carbocycles. The Kier molecular flexibility index (Phi) is 8.95. The molecule has 0 aliphatic heterocycles. The van der Waals surface area contributed by atoms with Gasteiger partial charge in [0.2, 0.25) is 11.8 Å². The molecule has 0 radical (unpaired) electrons. The Morgan fingerprint density at radius 2 is 1.77 bits per heavy atom. The van der Waals surface area contributed by atoms with Crippen molar-refractivity contribution in [2.24, 2.45) is 0 Å². The monoisotopic (exact) mass is 472 g/mol. The third kappa shape index (κ3) is 6.34. The van der Waals surface area contributed by atoms with Gasteiger partial charge in [0.25, 0.3) is 0 Å². The molecule has 0 saturated heterocycles. The van der Waals surface area contributed by atoms with Gasteiger partial charge in [0.15, 0.2) is 0 Å². The Labute approximate surface area is 191 Å². The quantitative estimate of drug-likeness (QED) is 0.538. The van der Waals surface area contributed by atoms with Crippen molar-refractivity contribution in [1.82, 2.24) is 10.2 Å². The first-order chi connectivity index (χ1) is 14.1. The zero-order chi connectivity index (χ0) is 22.4. The van der Waals surface area contributed by atoms with Crippen LogP contribution < -0.4 is 5.32 Å². The minimum atomic E-state index is -0.736. The van der Waals surface area contributed by atoms with E-state index in [1.807, 2.05) is 20.8 Å². The van der Waals surface area contributed by atoms with E-state index in [4.69, 9.17) is 34.8 Å². The summed E-state index contributed by atoms with van der Waals surface area (Å²) in [4.78, 5) is 27.4. The predicted molar refractivity (Wildman–Crippen MR) is 119 cm³/mol. The van der Waals surface area contributed by atoms with Crippen molar-refractivity contribution >= 4 is 46.6 Å². The largest absolute Gasteiger partial charge is 0.352 e. The molecule has 0 aliphatic carbocycles. The molecule has 0 saturated carbocycles. The lowest BCUT2D eigenvalue weighted by Gasteiger charge is -2.31. The van der Waals surface area contributed by atoms with Crippen LogP contribution >= 0.6 is 34.8 Å². The summed E-state index contributed by atoms with van der Waals surface area (Å²) in [5.41, 5.74) is 0.801. The number of carbonyl (C=O) groups is 2. The maximum Gasteiger partial charge on any atom is 0.243 e. The van der Waals surface area contributed by atoms with Crippen molar-refractivity contribution in [2.45, 2.75) is 52.2 Å². The minimum Gasteiger partial charge on any atom is -0.352 e. The molecule has 162 valence electrons. The summed E-state index contributed by atoms with van der Waals surface area (Å²) in [6.45, 7) is 5.62. The fourth-order valence-electron chi connectivity index (χ4n) is 3.09. The molecule has 1 N–H and O–H groups in total. The Balaban J connectivity index is 2.38. The van der Waals surface area contributed by atoms with Crippen LogP contribution in [0.25, 0.3) is 0 Å². The lowest BCUT2D eigenvalue weighted by molar-refractivity contribution is -0.141. The summed E-state index contributed by atoms with van der Waals surface area (Å²) < 4.78 is 14.2. The number of hydrogen-bond donors (Lipinski definition) is 1. The third-order valence-corrected chi connectivity index (χ3v) is 5.64. The van der Waals surface area contributed by atoms with Crippen LogP contribution in [0.5, 0.6) is 0 Å². The molecule has 0 bridgehead atoms. The van der Waals surface area contributed by atoms with E-state index in [1.165, 1.54) is 23.1 Å². The lowest BCUT2D eigenvalue weighted by atomic mass is 10.1. The molecule has 0 aliphatic rings. The Bertz CT molecular complexity index is 901. The van der Waals surface area contributed by atoms with Crippen molar-refractivity contribution < 1.29 is 14.0 Å². The SMILES string of the molecule is CC[C@H](C(=O)NC(C)C)N(Cc1ccc(Cl)c(Cl)c1)C(=O)Cc1c(F)cccc1Cl. The van der Waals surface area contributed by atoms with Gasteiger partial charge >= 0.3 is 0 Å². The maximum absolute atomic E-state index is 14.2. The second-order valence-corrected chi connectivity index (χ2v) is 8.46. The van der Waals surface area contributed by atoms with E-state index in [9.17, 15) is 14.0 Å². The summed E-state index contributed by atoms with van der Waals surface area (Å²) in [6.07, 6.45) is 0.120. The van der Waals surface area contributed by atoms with Gasteiger partial charge < -0.3 is 10.2 Å². The van der Waals surface area contributed by atoms with Crippen molar-refractivity contribution in [3.8, 4) is 0 Å². The standard InChI is InChI=1S/C22H24Cl3FN2O2/c1-4-20(22(30)27-13(2)3)28(12-14-8-9-17(24)18(25)10-14)21(29)11-15-16(23)6-5-7-19(15)26/h5-10,13,20H,4,11-12H2,1-3H3,(H,27,30)/t20-/m1/s1. The van der Waals surface area contributed by atoms with E-state index in [0.717, 1.165) is 0 Å². The molecule has 2 aromatic rings. The number of hydrogen-bond acceptors (Lipinski definition) is 2. The molecule has 0 heterocycles. The van der Waals surface area contributed by atoms with Gasteiger partial charge in [0, 0.05) is 23.2 Å². The van der Waals surface area contributed by atoms with Crippen molar-refractivity contribution in [3.05, 3.63) is 68.4 Å². The van der Waals surface area contributed by atoms with Crippen molar-refractivity contribution in [3.63, 3.8) is 0 Å². The topological polar surface area (TPSA) is 49.4 Å². The van der Waals surface area contributed by atoms with Crippen LogP contribution in [0.1, 0.15) is 38.3 Å². The van der Waals surface area contributed by atoms with Gasteiger partial charge in [-0.1, -0.05) is 53.9 Å². The van der Waals surface area contributed by atoms with Gasteiger partial charge in [-0.2, -0.15) is 0 Å². The summed E-state index contributed by atoms with van der Waals surface area (Å²) in [7, 11) is 0. The molecule has 2 rings (SSSR count). The summed E-state index contributed by atoms with van der Waals surface area (Å²) >= 11 is 18.2. The number of benzene rings is 2. The van der Waals surface area contributed by atoms with Gasteiger partial charge in [-0.15, -0.1) is 0 Å². The average Bonchev–Trinajstić information content (AvgIpc) is 2.66. The summed E-state index contributed by atoms with van der Waals surface area (Å²) in [6, 6.07) is 8.44. The van der Waals surface area contributed by atoms with Gasteiger partial charge in [-0.05, 0) is 50.1 Å². The maximum atomic E-state index is 14.2. The van der Waals surface area contributed by atoms with Crippen molar-refractivity contribution in [2.75, 3.05) is 0 Å². The number of nitrogens with one attached hydrogen (secondary N) is 1. The molecule has 0 fully saturated rings. The second-order valence-electron chi connectivity index (χ2n) is 7.23. The van der Waals surface area contributed by atoms with Crippen LogP contribution in [0.2, 0.25) is 15.1 Å². The van der Waals surface area contributed by atoms with Crippen LogP contribution in [0.4, 0.5) is 4.39 Å². The normalized spacial score (nSPS) is 12.0. The average molecular weight is 474 g/mol. The van der Waals surface area contributed by atoms with Gasteiger partial charge in [0.1, 0.15) is 11.9 Å². The van der Waals surface area contributed by atoms with E-state index >= 15 is 0 Å². The summed E-state index contributed by atoms with van der Waals surface area (Å²) in [5.74, 6) is -1.26. The first-order valence-corrected chi connectivity index (χ1v) is 10.7. The van der Waals surface area contributed by atoms with E-state index in [1.54, 1.807) is 18.2 Å². The molecule has 4 nitrogen and oxygen atoms in total. The van der Waals surface area contributed by atoms with Crippen molar-refractivity contribution in [1.29, 1.82) is 0 Å². The number of amides is 2. The fraction of sp³-hybridized carbons (Fsp3) is 0.364. The zero-order valence-electron chi connectivity index (χ0n) is 17.0. The first-order valence-electron chi connectivity index (χ1n) is 9.60. The molecular weight excluding hydrogens is 450 g/mol. The highest BCUT2D eigenvalue weighted by Gasteiger charge is 2.30. The molecule has 0 spiro atoms. The van der Waals surface area contributed by atoms with Gasteiger partial charge in [-0.25, -0.2) is 4.39 Å². The molecule has 0 aromatic heterocycles. The predicted octanol–water partition coefficient (Wildman–Crippen LogP) is 5.66. The van der Waals surface area contributed by atoms with E-state index in [-0.39, 0.29) is 35.5 Å². The molecule has 0 unspecified atom stereocenters. The Morgan fingerprint density at radius 3 is 2.33 bits per heavy atom. The van der Waals surface area contributed by atoms with E-state index in [0.29, 0.717) is 22.0 Å². The number of carbonyl (C=O) groups excluding carboxylic acids is 2. The number of rotatable bonds is 8. The second kappa shape index (κ2) is 11.0. The molecule has 30 heavy (non-hydrogen) atoms. The molecule has 8 heteroatoms. The fourth-order valence-corrected chi connectivity index (χ4v) is 3.64. The highest BCUT2D eigenvalue weighted by atomic mass is 35.5. The highest BCUT2D eigenvalue weighted by molar-refractivity contribution is 6.42. The van der Waals surface area contributed by atoms with Crippen LogP contribution in [-0.4, -0.2) is 28.8 Å². The third-order valence-electron chi connectivity index (χ3n) is 4.54. The van der Waals surface area contributed by atoms with Crippen LogP contribution in [0, 0.1) is 5.82 Å². The zero-order valence-corrected chi connectivity index (χ0v) is 19.3. The van der Waals surface area contributed by atoms with E-state index < -0.39 is 17.8 Å². The molecule has 2 amide bonds. The van der Waals surface area contributed by atoms with Crippen LogP contribution in [0.3, 0.4) is 0 Å². The van der Waals surface area contributed by atoms with Gasteiger partial charge in [-0.3, -0.25) is 9.59 Å². The van der Waals surface area contributed by atoms with Crippen LogP contribution in [0.15, 0.2) is 36.4 Å². The smallest absolute Gasteiger partial charge is 0.243 e. The summed E-state index contributed by atoms with van der Waals surface area (Å²) in [5, 5.41) is 3.74. The molecule has 1 atom stereocenters. The first kappa shape index (κ1) is 24.4. The van der Waals surface area contributed by atoms with Crippen LogP contribution in [-0.2, 0) is 22.6 Å².